The number of unbranched alkanes of at least 4 members (excludes halogenated alkanes) is 21. The van der Waals surface area contributed by atoms with Crippen molar-refractivity contribution in [1.82, 2.24) is 0 Å². The van der Waals surface area contributed by atoms with Gasteiger partial charge < -0.3 is 24.6 Å². The molecule has 0 aliphatic heterocycles. The fourth-order valence-electron chi connectivity index (χ4n) is 6.00. The molecule has 0 spiro atoms. The number of hydrogen-bond acceptors (Lipinski definition) is 8. The number of rotatable bonds is 43. The van der Waals surface area contributed by atoms with Gasteiger partial charge in [0.05, 0.1) is 26.4 Å². The van der Waals surface area contributed by atoms with Gasteiger partial charge in [-0.05, 0) is 77.0 Å². The molecule has 0 bridgehead atoms. The third-order valence-corrected chi connectivity index (χ3v) is 10.4. The zero-order valence-corrected chi connectivity index (χ0v) is 36.7. The van der Waals surface area contributed by atoms with E-state index in [1.807, 2.05) is 0 Å². The summed E-state index contributed by atoms with van der Waals surface area (Å²) in [6, 6.07) is 0. The number of allylic oxidation sites excluding steroid dienone is 8. The highest BCUT2D eigenvalue weighted by molar-refractivity contribution is 7.47. The van der Waals surface area contributed by atoms with Crippen molar-refractivity contribution in [1.29, 1.82) is 0 Å². The van der Waals surface area contributed by atoms with Crippen LogP contribution in [0.15, 0.2) is 48.6 Å². The average Bonchev–Trinajstić information content (AvgIpc) is 3.19. The molecule has 0 rings (SSSR count). The van der Waals surface area contributed by atoms with Gasteiger partial charge in [-0.15, -0.1) is 0 Å². The lowest BCUT2D eigenvalue weighted by Gasteiger charge is -2.20. The first-order valence-electron chi connectivity index (χ1n) is 22.6. The predicted octanol–water partition coefficient (Wildman–Crippen LogP) is 12.6. The number of esters is 1. The van der Waals surface area contributed by atoms with E-state index in [0.29, 0.717) is 6.61 Å². The third kappa shape index (κ3) is 42.0. The van der Waals surface area contributed by atoms with Gasteiger partial charge in [0.1, 0.15) is 12.2 Å². The molecular formula is C46H85O9P. The number of ether oxygens (including phenoxy) is 2. The lowest BCUT2D eigenvalue weighted by atomic mass is 10.1. The van der Waals surface area contributed by atoms with Crippen LogP contribution in [-0.4, -0.2) is 66.3 Å². The molecule has 0 aliphatic carbocycles. The maximum atomic E-state index is 12.6. The maximum Gasteiger partial charge on any atom is 0.472 e. The topological polar surface area (TPSA) is 132 Å². The van der Waals surface area contributed by atoms with E-state index in [2.05, 4.69) is 62.5 Å². The van der Waals surface area contributed by atoms with Crippen LogP contribution < -0.4 is 0 Å². The predicted molar refractivity (Wildman–Crippen MR) is 233 cm³/mol. The van der Waals surface area contributed by atoms with Gasteiger partial charge in [-0.25, -0.2) is 4.57 Å². The van der Waals surface area contributed by atoms with Crippen molar-refractivity contribution < 1.29 is 43.0 Å². The number of hydrogen-bond donors (Lipinski definition) is 3. The van der Waals surface area contributed by atoms with E-state index in [1.54, 1.807) is 0 Å². The Hall–Kier alpha value is -1.58. The highest BCUT2D eigenvalue weighted by Gasteiger charge is 2.26. The van der Waals surface area contributed by atoms with Crippen molar-refractivity contribution >= 4 is 13.8 Å². The zero-order chi connectivity index (χ0) is 41.1. The molecule has 56 heavy (non-hydrogen) atoms. The van der Waals surface area contributed by atoms with Crippen LogP contribution >= 0.6 is 7.82 Å². The van der Waals surface area contributed by atoms with Crippen LogP contribution in [0.3, 0.4) is 0 Å². The molecular weight excluding hydrogens is 727 g/mol. The minimum atomic E-state index is -4.52. The first kappa shape index (κ1) is 54.4. The second-order valence-corrected chi connectivity index (χ2v) is 16.5. The fourth-order valence-corrected chi connectivity index (χ4v) is 6.79. The molecule has 0 amide bonds. The van der Waals surface area contributed by atoms with Crippen molar-refractivity contribution in [3.8, 4) is 0 Å². The summed E-state index contributed by atoms with van der Waals surface area (Å²) in [7, 11) is -4.52. The van der Waals surface area contributed by atoms with Gasteiger partial charge in [0, 0.05) is 13.0 Å². The first-order valence-corrected chi connectivity index (χ1v) is 24.1. The zero-order valence-electron chi connectivity index (χ0n) is 35.8. The van der Waals surface area contributed by atoms with Crippen molar-refractivity contribution in [2.75, 3.05) is 33.0 Å². The van der Waals surface area contributed by atoms with Crippen LogP contribution in [0.2, 0.25) is 0 Å². The van der Waals surface area contributed by atoms with Gasteiger partial charge in [-0.2, -0.15) is 0 Å². The molecule has 3 unspecified atom stereocenters. The largest absolute Gasteiger partial charge is 0.472 e. The normalized spacial score (nSPS) is 14.4. The number of carbonyl (C=O) groups is 1. The van der Waals surface area contributed by atoms with E-state index < -0.39 is 39.2 Å². The summed E-state index contributed by atoms with van der Waals surface area (Å²) in [5.74, 6) is -0.393. The van der Waals surface area contributed by atoms with Crippen LogP contribution in [0, 0.1) is 0 Å². The summed E-state index contributed by atoms with van der Waals surface area (Å²) in [5.41, 5.74) is 0. The van der Waals surface area contributed by atoms with Crippen molar-refractivity contribution in [2.45, 2.75) is 206 Å². The molecule has 9 nitrogen and oxygen atoms in total. The van der Waals surface area contributed by atoms with Crippen LogP contribution in [-0.2, 0) is 27.9 Å². The minimum Gasteiger partial charge on any atom is -0.457 e. The van der Waals surface area contributed by atoms with E-state index in [-0.39, 0.29) is 19.6 Å². The Kier molecular flexibility index (Phi) is 41.8. The molecule has 0 aromatic carbocycles. The van der Waals surface area contributed by atoms with E-state index in [1.165, 1.54) is 103 Å². The summed E-state index contributed by atoms with van der Waals surface area (Å²) in [4.78, 5) is 22.6. The van der Waals surface area contributed by atoms with Gasteiger partial charge in [-0.1, -0.05) is 159 Å². The van der Waals surface area contributed by atoms with E-state index in [9.17, 15) is 19.4 Å². The van der Waals surface area contributed by atoms with Gasteiger partial charge in [-0.3, -0.25) is 13.8 Å². The van der Waals surface area contributed by atoms with E-state index in [0.717, 1.165) is 70.6 Å². The number of aliphatic hydroxyl groups is 2. The van der Waals surface area contributed by atoms with Crippen LogP contribution in [0.4, 0.5) is 0 Å². The molecule has 0 fully saturated rings. The molecule has 0 aliphatic rings. The quantitative estimate of drug-likeness (QED) is 0.0238. The van der Waals surface area contributed by atoms with Crippen molar-refractivity contribution in [3.63, 3.8) is 0 Å². The third-order valence-electron chi connectivity index (χ3n) is 9.49. The van der Waals surface area contributed by atoms with E-state index in [4.69, 9.17) is 23.6 Å². The highest BCUT2D eigenvalue weighted by Crippen LogP contribution is 2.43. The Morgan fingerprint density at radius 3 is 1.43 bits per heavy atom. The Balaban J connectivity index is 4.17. The van der Waals surface area contributed by atoms with Gasteiger partial charge >= 0.3 is 13.8 Å². The van der Waals surface area contributed by atoms with Crippen molar-refractivity contribution in [2.24, 2.45) is 0 Å². The number of phosphoric acid groups is 1. The lowest BCUT2D eigenvalue weighted by Crippen LogP contribution is -2.29. The molecule has 0 heterocycles. The standard InChI is InChI=1S/C46H85O9P/c1-3-5-7-9-11-13-15-17-19-21-23-25-27-29-31-33-35-37-39-52-42-45(43-54-56(50,51)53-41-44(48)40-47)55-46(49)38-36-34-32-30-28-26-24-22-20-18-16-14-12-10-8-6-4-2/h11-14,17-20,44-45,47-48H,3-10,15-16,21-43H2,1-2H3,(H,50,51)/b13-11-,14-12-,19-17-,20-18-. The Morgan fingerprint density at radius 1 is 0.554 bits per heavy atom. The van der Waals surface area contributed by atoms with Gasteiger partial charge in [0.2, 0.25) is 0 Å². The molecule has 0 aromatic heterocycles. The summed E-state index contributed by atoms with van der Waals surface area (Å²) < 4.78 is 33.4. The molecule has 10 heteroatoms. The Labute approximate surface area is 343 Å². The molecule has 0 radical (unpaired) electrons. The monoisotopic (exact) mass is 813 g/mol. The van der Waals surface area contributed by atoms with Crippen LogP contribution in [0.25, 0.3) is 0 Å². The summed E-state index contributed by atoms with van der Waals surface area (Å²) in [6.45, 7) is 3.45. The van der Waals surface area contributed by atoms with Gasteiger partial charge in [0.15, 0.2) is 0 Å². The second-order valence-electron chi connectivity index (χ2n) is 15.1. The molecule has 3 atom stereocenters. The lowest BCUT2D eigenvalue weighted by molar-refractivity contribution is -0.154. The maximum absolute atomic E-state index is 12.6. The Morgan fingerprint density at radius 2 is 0.964 bits per heavy atom. The molecule has 328 valence electrons. The summed E-state index contributed by atoms with van der Waals surface area (Å²) in [5, 5.41) is 18.4. The summed E-state index contributed by atoms with van der Waals surface area (Å²) in [6.07, 6.45) is 47.7. The Bertz CT molecular complexity index is 1010. The fraction of sp³-hybridized carbons (Fsp3) is 0.804. The number of phosphoric ester groups is 1. The van der Waals surface area contributed by atoms with E-state index >= 15 is 0 Å². The van der Waals surface area contributed by atoms with Crippen LogP contribution in [0.5, 0.6) is 0 Å². The molecule has 3 N–H and O–H groups in total. The molecule has 0 saturated carbocycles. The summed E-state index contributed by atoms with van der Waals surface area (Å²) >= 11 is 0. The SMILES string of the molecule is CCCCC/C=C\C/C=C\CCCCCCCCCCOCC(COP(=O)(O)OCC(O)CO)OC(=O)CCCCCCCCC/C=C\C/C=C\CCCCC. The minimum absolute atomic E-state index is 0.0413. The van der Waals surface area contributed by atoms with Crippen LogP contribution in [0.1, 0.15) is 194 Å². The average molecular weight is 813 g/mol. The second kappa shape index (κ2) is 43.0. The number of carbonyl (C=O) groups excluding carboxylic acids is 1. The molecule has 0 aromatic rings. The first-order chi connectivity index (χ1) is 27.3. The van der Waals surface area contributed by atoms with Crippen molar-refractivity contribution in [3.05, 3.63) is 48.6 Å². The molecule has 0 saturated heterocycles. The number of aliphatic hydroxyl groups excluding tert-OH is 2. The smallest absolute Gasteiger partial charge is 0.457 e. The highest BCUT2D eigenvalue weighted by atomic mass is 31.2. The van der Waals surface area contributed by atoms with Gasteiger partial charge in [0.25, 0.3) is 0 Å².